The molecule has 0 atom stereocenters. The molecular formula is C18H23NO2. The quantitative estimate of drug-likeness (QED) is 0.777. The lowest BCUT2D eigenvalue weighted by Gasteiger charge is -2.19. The minimum Gasteiger partial charge on any atom is -0.360 e. The van der Waals surface area contributed by atoms with Crippen molar-refractivity contribution in [2.24, 2.45) is 5.92 Å². The predicted molar refractivity (Wildman–Crippen MR) is 84.0 cm³/mol. The second kappa shape index (κ2) is 6.25. The lowest BCUT2D eigenvalue weighted by atomic mass is 9.82. The molecule has 2 rings (SSSR count). The van der Waals surface area contributed by atoms with Crippen LogP contribution in [0.3, 0.4) is 0 Å². The average molecular weight is 285 g/mol. The number of Topliss-reactive ketones (excluding diaryl/α,β-unsaturated/α-hetero) is 1. The number of carbonyl (C=O) groups excluding carboxylic acids is 1. The fourth-order valence-corrected chi connectivity index (χ4v) is 2.18. The molecule has 21 heavy (non-hydrogen) atoms. The van der Waals surface area contributed by atoms with E-state index in [1.807, 2.05) is 50.2 Å². The van der Waals surface area contributed by atoms with Crippen LogP contribution in [0.5, 0.6) is 0 Å². The van der Waals surface area contributed by atoms with Gasteiger partial charge in [0.05, 0.1) is 5.41 Å². The molecule has 0 unspecified atom stereocenters. The van der Waals surface area contributed by atoms with E-state index < -0.39 is 5.41 Å². The van der Waals surface area contributed by atoms with Crippen LogP contribution in [-0.2, 0) is 10.2 Å². The number of hydrogen-bond acceptors (Lipinski definition) is 3. The molecule has 3 nitrogen and oxygen atoms in total. The van der Waals surface area contributed by atoms with Crippen molar-refractivity contribution in [1.29, 1.82) is 0 Å². The van der Waals surface area contributed by atoms with Gasteiger partial charge < -0.3 is 4.52 Å². The van der Waals surface area contributed by atoms with Crippen LogP contribution >= 0.6 is 0 Å². The van der Waals surface area contributed by atoms with Crippen molar-refractivity contribution in [3.05, 3.63) is 42.2 Å². The maximum Gasteiger partial charge on any atom is 0.150 e. The first-order valence-electron chi connectivity index (χ1n) is 7.47. The number of aromatic nitrogens is 1. The van der Waals surface area contributed by atoms with E-state index in [-0.39, 0.29) is 5.78 Å². The first-order chi connectivity index (χ1) is 9.91. The van der Waals surface area contributed by atoms with E-state index in [9.17, 15) is 4.79 Å². The predicted octanol–water partition coefficient (Wildman–Crippen LogP) is 4.62. The molecule has 0 saturated carbocycles. The van der Waals surface area contributed by atoms with E-state index >= 15 is 0 Å². The largest absolute Gasteiger partial charge is 0.360 e. The Kier molecular flexibility index (Phi) is 4.61. The Morgan fingerprint density at radius 1 is 1.24 bits per heavy atom. The molecule has 1 heterocycles. The van der Waals surface area contributed by atoms with Crippen molar-refractivity contribution in [3.63, 3.8) is 0 Å². The third-order valence-corrected chi connectivity index (χ3v) is 3.84. The van der Waals surface area contributed by atoms with Crippen molar-refractivity contribution in [3.8, 4) is 11.3 Å². The Morgan fingerprint density at radius 2 is 1.90 bits per heavy atom. The molecule has 0 aliphatic rings. The Bertz CT molecular complexity index is 597. The smallest absolute Gasteiger partial charge is 0.150 e. The summed E-state index contributed by atoms with van der Waals surface area (Å²) < 4.78 is 5.44. The number of ketones is 1. The summed E-state index contributed by atoms with van der Waals surface area (Å²) in [6.45, 7) is 8.07. The fraction of sp³-hybridized carbons (Fsp3) is 0.444. The number of carbonyl (C=O) groups is 1. The summed E-state index contributed by atoms with van der Waals surface area (Å²) in [6, 6.07) is 11.7. The zero-order valence-electron chi connectivity index (χ0n) is 13.2. The summed E-state index contributed by atoms with van der Waals surface area (Å²) in [5, 5.41) is 4.10. The van der Waals surface area contributed by atoms with Gasteiger partial charge in [-0.05, 0) is 26.2 Å². The minimum atomic E-state index is -0.630. The van der Waals surface area contributed by atoms with Gasteiger partial charge in [0.15, 0.2) is 0 Å². The van der Waals surface area contributed by atoms with Crippen LogP contribution in [0.1, 0.15) is 46.3 Å². The second-order valence-corrected chi connectivity index (χ2v) is 6.42. The van der Waals surface area contributed by atoms with Crippen LogP contribution in [0.25, 0.3) is 11.3 Å². The molecule has 1 aromatic heterocycles. The van der Waals surface area contributed by atoms with Gasteiger partial charge in [0.1, 0.15) is 17.2 Å². The van der Waals surface area contributed by atoms with Crippen LogP contribution in [0.2, 0.25) is 0 Å². The normalized spacial score (nSPS) is 11.9. The number of hydrogen-bond donors (Lipinski definition) is 0. The summed E-state index contributed by atoms with van der Waals surface area (Å²) in [5.74, 6) is 1.36. The number of rotatable bonds is 6. The molecule has 0 aliphatic heterocycles. The van der Waals surface area contributed by atoms with Crippen LogP contribution in [0.4, 0.5) is 0 Å². The fourth-order valence-electron chi connectivity index (χ4n) is 2.18. The third kappa shape index (κ3) is 3.60. The maximum absolute atomic E-state index is 12.4. The minimum absolute atomic E-state index is 0.201. The van der Waals surface area contributed by atoms with Gasteiger partial charge in [-0.1, -0.05) is 49.3 Å². The highest BCUT2D eigenvalue weighted by atomic mass is 16.5. The highest BCUT2D eigenvalue weighted by Crippen LogP contribution is 2.30. The van der Waals surface area contributed by atoms with Gasteiger partial charge in [0.2, 0.25) is 0 Å². The number of nitrogens with zero attached hydrogens (tertiary/aromatic N) is 1. The molecule has 1 aromatic carbocycles. The first kappa shape index (κ1) is 15.5. The van der Waals surface area contributed by atoms with Gasteiger partial charge >= 0.3 is 0 Å². The van der Waals surface area contributed by atoms with E-state index in [1.54, 1.807) is 0 Å². The van der Waals surface area contributed by atoms with E-state index in [2.05, 4.69) is 19.0 Å². The van der Waals surface area contributed by atoms with Gasteiger partial charge in [-0.2, -0.15) is 0 Å². The van der Waals surface area contributed by atoms with E-state index in [0.29, 0.717) is 18.1 Å². The Labute approximate surface area is 126 Å². The van der Waals surface area contributed by atoms with Crippen molar-refractivity contribution in [2.45, 2.75) is 46.0 Å². The Hall–Kier alpha value is -1.90. The van der Waals surface area contributed by atoms with E-state index in [0.717, 1.165) is 17.7 Å². The molecule has 0 N–H and O–H groups in total. The molecule has 0 saturated heterocycles. The number of benzene rings is 1. The molecule has 0 spiro atoms. The van der Waals surface area contributed by atoms with Crippen LogP contribution in [0.15, 0.2) is 40.9 Å². The lowest BCUT2D eigenvalue weighted by molar-refractivity contribution is -0.124. The van der Waals surface area contributed by atoms with Gasteiger partial charge in [-0.15, -0.1) is 0 Å². The molecular weight excluding hydrogens is 262 g/mol. The topological polar surface area (TPSA) is 43.1 Å². The van der Waals surface area contributed by atoms with Crippen molar-refractivity contribution in [2.75, 3.05) is 0 Å². The zero-order valence-corrected chi connectivity index (χ0v) is 13.2. The van der Waals surface area contributed by atoms with E-state index in [4.69, 9.17) is 4.52 Å². The molecule has 112 valence electrons. The molecule has 0 amide bonds. The molecule has 0 bridgehead atoms. The monoisotopic (exact) mass is 285 g/mol. The third-order valence-electron chi connectivity index (χ3n) is 3.84. The van der Waals surface area contributed by atoms with Crippen molar-refractivity contribution in [1.82, 2.24) is 5.16 Å². The van der Waals surface area contributed by atoms with Crippen molar-refractivity contribution < 1.29 is 9.32 Å². The van der Waals surface area contributed by atoms with Gasteiger partial charge in [0, 0.05) is 18.1 Å². The van der Waals surface area contributed by atoms with Gasteiger partial charge in [-0.25, -0.2) is 0 Å². The maximum atomic E-state index is 12.4. The Balaban J connectivity index is 2.18. The van der Waals surface area contributed by atoms with Gasteiger partial charge in [0.25, 0.3) is 0 Å². The zero-order chi connectivity index (χ0) is 15.5. The highest BCUT2D eigenvalue weighted by Gasteiger charge is 2.33. The summed E-state index contributed by atoms with van der Waals surface area (Å²) in [4.78, 5) is 12.4. The summed E-state index contributed by atoms with van der Waals surface area (Å²) in [7, 11) is 0. The summed E-state index contributed by atoms with van der Waals surface area (Å²) in [6.07, 6.45) is 1.48. The molecule has 0 aliphatic carbocycles. The van der Waals surface area contributed by atoms with Crippen LogP contribution in [-0.4, -0.2) is 10.9 Å². The summed E-state index contributed by atoms with van der Waals surface area (Å²) >= 11 is 0. The SMILES string of the molecule is CC(C)CCC(=O)C(C)(C)c1cc(-c2ccccc2)no1. The second-order valence-electron chi connectivity index (χ2n) is 6.42. The lowest BCUT2D eigenvalue weighted by Crippen LogP contribution is -2.28. The highest BCUT2D eigenvalue weighted by molar-refractivity contribution is 5.88. The average Bonchev–Trinajstić information content (AvgIpc) is 2.96. The Morgan fingerprint density at radius 3 is 2.52 bits per heavy atom. The summed E-state index contributed by atoms with van der Waals surface area (Å²) in [5.41, 5.74) is 1.14. The molecule has 0 radical (unpaired) electrons. The van der Waals surface area contributed by atoms with E-state index in [1.165, 1.54) is 0 Å². The van der Waals surface area contributed by atoms with Gasteiger partial charge in [-0.3, -0.25) is 4.79 Å². The molecule has 2 aromatic rings. The standard InChI is InChI=1S/C18H23NO2/c1-13(2)10-11-16(20)18(3,4)17-12-15(19-21-17)14-8-6-5-7-9-14/h5-9,12-13H,10-11H2,1-4H3. The van der Waals surface area contributed by atoms with Crippen LogP contribution in [0, 0.1) is 5.92 Å². The molecule has 3 heteroatoms. The van der Waals surface area contributed by atoms with Crippen LogP contribution < -0.4 is 0 Å². The van der Waals surface area contributed by atoms with Crippen molar-refractivity contribution >= 4 is 5.78 Å². The first-order valence-corrected chi connectivity index (χ1v) is 7.47. The molecule has 0 fully saturated rings.